The van der Waals surface area contributed by atoms with Gasteiger partial charge < -0.3 is 4.57 Å². The zero-order valence-electron chi connectivity index (χ0n) is 9.13. The van der Waals surface area contributed by atoms with E-state index in [0.717, 1.165) is 19.2 Å². The number of hydrogen-bond donors (Lipinski definition) is 0. The van der Waals surface area contributed by atoms with Gasteiger partial charge >= 0.3 is 0 Å². The van der Waals surface area contributed by atoms with Gasteiger partial charge in [-0.1, -0.05) is 0 Å². The van der Waals surface area contributed by atoms with Crippen LogP contribution in [0.3, 0.4) is 0 Å². The number of imidazole rings is 1. The molecule has 1 aromatic carbocycles. The van der Waals surface area contributed by atoms with Gasteiger partial charge in [0.05, 0.1) is 15.6 Å². The molecule has 0 unspecified atom stereocenters. The Bertz CT molecular complexity index is 638. The highest BCUT2D eigenvalue weighted by molar-refractivity contribution is 9.13. The molecule has 0 spiro atoms. The molecule has 0 atom stereocenters. The van der Waals surface area contributed by atoms with Crippen LogP contribution in [0.4, 0.5) is 0 Å². The van der Waals surface area contributed by atoms with Crippen molar-refractivity contribution in [3.8, 4) is 6.07 Å². The predicted octanol–water partition coefficient (Wildman–Crippen LogP) is 4.78. The van der Waals surface area contributed by atoms with Gasteiger partial charge in [-0.2, -0.15) is 5.26 Å². The SMILES string of the molecule is CC(C)n1c(Br)nc2c(C#N)c(Br)c(Br)cc21. The molecule has 17 heavy (non-hydrogen) atoms. The van der Waals surface area contributed by atoms with E-state index >= 15 is 0 Å². The van der Waals surface area contributed by atoms with Crippen molar-refractivity contribution >= 4 is 58.8 Å². The lowest BCUT2D eigenvalue weighted by molar-refractivity contribution is 0.604. The van der Waals surface area contributed by atoms with Gasteiger partial charge in [0.1, 0.15) is 11.6 Å². The van der Waals surface area contributed by atoms with Gasteiger partial charge in [-0.05, 0) is 67.7 Å². The van der Waals surface area contributed by atoms with Crippen molar-refractivity contribution in [3.63, 3.8) is 0 Å². The van der Waals surface area contributed by atoms with Crippen molar-refractivity contribution in [1.29, 1.82) is 5.26 Å². The molecule has 0 aliphatic carbocycles. The minimum Gasteiger partial charge on any atom is -0.316 e. The fourth-order valence-electron chi connectivity index (χ4n) is 1.74. The fourth-order valence-corrected chi connectivity index (χ4v) is 3.32. The van der Waals surface area contributed by atoms with Crippen molar-refractivity contribution in [2.45, 2.75) is 19.9 Å². The summed E-state index contributed by atoms with van der Waals surface area (Å²) in [4.78, 5) is 4.41. The monoisotopic (exact) mass is 419 g/mol. The zero-order chi connectivity index (χ0) is 12.7. The molecular formula is C11H8Br3N3. The van der Waals surface area contributed by atoms with Crippen LogP contribution in [0.15, 0.2) is 19.7 Å². The maximum absolute atomic E-state index is 9.21. The summed E-state index contributed by atoms with van der Waals surface area (Å²) in [5, 5.41) is 9.21. The molecule has 0 saturated carbocycles. The molecule has 88 valence electrons. The third-order valence-electron chi connectivity index (χ3n) is 2.46. The number of halogens is 3. The van der Waals surface area contributed by atoms with Crippen LogP contribution >= 0.6 is 47.8 Å². The normalized spacial score (nSPS) is 11.1. The molecule has 0 aliphatic rings. The summed E-state index contributed by atoms with van der Waals surface area (Å²) in [6.45, 7) is 4.15. The molecule has 0 bridgehead atoms. The van der Waals surface area contributed by atoms with Crippen LogP contribution in [0.2, 0.25) is 0 Å². The molecule has 1 aromatic heterocycles. The smallest absolute Gasteiger partial charge is 0.178 e. The van der Waals surface area contributed by atoms with Crippen LogP contribution in [0.1, 0.15) is 25.5 Å². The zero-order valence-corrected chi connectivity index (χ0v) is 13.9. The van der Waals surface area contributed by atoms with Crippen molar-refractivity contribution < 1.29 is 0 Å². The first kappa shape index (κ1) is 13.1. The molecule has 0 saturated heterocycles. The maximum Gasteiger partial charge on any atom is 0.178 e. The minimum absolute atomic E-state index is 0.272. The lowest BCUT2D eigenvalue weighted by atomic mass is 10.2. The number of nitriles is 1. The van der Waals surface area contributed by atoms with Crippen LogP contribution in [0.5, 0.6) is 0 Å². The van der Waals surface area contributed by atoms with Crippen molar-refractivity contribution in [3.05, 3.63) is 25.3 Å². The van der Waals surface area contributed by atoms with Gasteiger partial charge in [-0.15, -0.1) is 0 Å². The topological polar surface area (TPSA) is 41.6 Å². The van der Waals surface area contributed by atoms with Crippen molar-refractivity contribution in [2.75, 3.05) is 0 Å². The van der Waals surface area contributed by atoms with Crippen LogP contribution in [-0.2, 0) is 0 Å². The van der Waals surface area contributed by atoms with E-state index in [1.165, 1.54) is 0 Å². The van der Waals surface area contributed by atoms with Crippen LogP contribution < -0.4 is 0 Å². The summed E-state index contributed by atoms with van der Waals surface area (Å²) in [6, 6.07) is 4.43. The van der Waals surface area contributed by atoms with Crippen molar-refractivity contribution in [1.82, 2.24) is 9.55 Å². The molecule has 6 heteroatoms. The van der Waals surface area contributed by atoms with Gasteiger partial charge in [0, 0.05) is 10.5 Å². The summed E-state index contributed by atoms with van der Waals surface area (Å²) >= 11 is 10.3. The van der Waals surface area contributed by atoms with Crippen LogP contribution in [0, 0.1) is 11.3 Å². The molecule has 2 rings (SSSR count). The molecule has 1 heterocycles. The van der Waals surface area contributed by atoms with E-state index in [1.807, 2.05) is 10.6 Å². The van der Waals surface area contributed by atoms with Gasteiger partial charge in [-0.25, -0.2) is 4.98 Å². The Morgan fingerprint density at radius 2 is 2.00 bits per heavy atom. The highest BCUT2D eigenvalue weighted by Crippen LogP contribution is 2.35. The molecule has 0 amide bonds. The summed E-state index contributed by atoms with van der Waals surface area (Å²) in [7, 11) is 0. The summed E-state index contributed by atoms with van der Waals surface area (Å²) in [6.07, 6.45) is 0. The Balaban J connectivity index is 2.96. The van der Waals surface area contributed by atoms with Crippen LogP contribution in [0.25, 0.3) is 11.0 Å². The second kappa shape index (κ2) is 4.71. The highest BCUT2D eigenvalue weighted by atomic mass is 79.9. The maximum atomic E-state index is 9.21. The summed E-state index contributed by atoms with van der Waals surface area (Å²) in [5.74, 6) is 0. The third kappa shape index (κ3) is 2.05. The largest absolute Gasteiger partial charge is 0.316 e. The molecule has 0 fully saturated rings. The second-order valence-electron chi connectivity index (χ2n) is 3.87. The molecule has 2 aromatic rings. The fraction of sp³-hybridized carbons (Fsp3) is 0.273. The Hall–Kier alpha value is -0.380. The lowest BCUT2D eigenvalue weighted by Crippen LogP contribution is -2.00. The molecule has 0 aliphatic heterocycles. The van der Waals surface area contributed by atoms with E-state index < -0.39 is 0 Å². The van der Waals surface area contributed by atoms with E-state index in [9.17, 15) is 5.26 Å². The number of rotatable bonds is 1. The molecule has 3 nitrogen and oxygen atoms in total. The van der Waals surface area contributed by atoms with E-state index in [4.69, 9.17) is 0 Å². The Morgan fingerprint density at radius 1 is 1.35 bits per heavy atom. The predicted molar refractivity (Wildman–Crippen MR) is 77.9 cm³/mol. The average Bonchev–Trinajstić information content (AvgIpc) is 2.56. The Morgan fingerprint density at radius 3 is 2.53 bits per heavy atom. The Kier molecular flexibility index (Phi) is 3.62. The van der Waals surface area contributed by atoms with E-state index in [2.05, 4.69) is 72.7 Å². The second-order valence-corrected chi connectivity index (χ2v) is 6.23. The number of benzene rings is 1. The first-order valence-electron chi connectivity index (χ1n) is 4.93. The van der Waals surface area contributed by atoms with Gasteiger partial charge in [0.2, 0.25) is 0 Å². The van der Waals surface area contributed by atoms with E-state index in [0.29, 0.717) is 11.1 Å². The first-order chi connectivity index (χ1) is 7.97. The minimum atomic E-state index is 0.272. The van der Waals surface area contributed by atoms with Crippen LogP contribution in [-0.4, -0.2) is 9.55 Å². The molecule has 0 radical (unpaired) electrons. The number of nitrogens with zero attached hydrogens (tertiary/aromatic N) is 3. The number of aromatic nitrogens is 2. The average molecular weight is 422 g/mol. The standard InChI is InChI=1S/C11H8Br3N3/c1-5(2)17-8-3-7(12)9(13)6(4-15)10(8)16-11(17)14/h3,5H,1-2H3. The summed E-state index contributed by atoms with van der Waals surface area (Å²) in [5.41, 5.74) is 2.20. The Labute approximate surface area is 124 Å². The number of fused-ring (bicyclic) bond motifs is 1. The van der Waals surface area contributed by atoms with Crippen molar-refractivity contribution in [2.24, 2.45) is 0 Å². The van der Waals surface area contributed by atoms with E-state index in [-0.39, 0.29) is 6.04 Å². The lowest BCUT2D eigenvalue weighted by Gasteiger charge is -2.10. The van der Waals surface area contributed by atoms with Gasteiger partial charge in [0.25, 0.3) is 0 Å². The highest BCUT2D eigenvalue weighted by Gasteiger charge is 2.18. The molecular weight excluding hydrogens is 414 g/mol. The number of hydrogen-bond acceptors (Lipinski definition) is 2. The first-order valence-corrected chi connectivity index (χ1v) is 7.30. The van der Waals surface area contributed by atoms with Gasteiger partial charge in [-0.3, -0.25) is 0 Å². The summed E-state index contributed by atoms with van der Waals surface area (Å²) < 4.78 is 4.39. The quantitative estimate of drug-likeness (QED) is 0.665. The van der Waals surface area contributed by atoms with Gasteiger partial charge in [0.15, 0.2) is 4.73 Å². The third-order valence-corrected chi connectivity index (χ3v) is 5.00. The van der Waals surface area contributed by atoms with E-state index in [1.54, 1.807) is 0 Å². The molecule has 0 N–H and O–H groups in total.